The third-order valence-corrected chi connectivity index (χ3v) is 5.30. The monoisotopic (exact) mass is 355 g/mol. The number of methoxy groups -OCH3 is 1. The van der Waals surface area contributed by atoms with E-state index in [1.807, 2.05) is 25.7 Å². The number of carbonyl (C=O) groups excluding carboxylic acids is 2. The van der Waals surface area contributed by atoms with Gasteiger partial charge >= 0.3 is 0 Å². The molecule has 0 saturated carbocycles. The largest absolute Gasteiger partial charge is 0.497 e. The Morgan fingerprint density at radius 1 is 1.04 bits per heavy atom. The average molecular weight is 355 g/mol. The highest BCUT2D eigenvalue weighted by Crippen LogP contribution is 2.27. The molecular formula is C21H25NO4. The van der Waals surface area contributed by atoms with Gasteiger partial charge in [0.15, 0.2) is 5.78 Å². The van der Waals surface area contributed by atoms with E-state index in [1.165, 1.54) is 0 Å². The molecule has 0 aliphatic carbocycles. The van der Waals surface area contributed by atoms with Gasteiger partial charge in [0.05, 0.1) is 12.7 Å². The molecule has 1 aliphatic rings. The van der Waals surface area contributed by atoms with Gasteiger partial charge in [-0.2, -0.15) is 0 Å². The SMILES string of the molecule is COc1ccc(C(=O)C2CCN(C(=O)c3c(C)oc(C)c3C)CC2)cc1. The summed E-state index contributed by atoms with van der Waals surface area (Å²) in [4.78, 5) is 27.4. The molecule has 2 aromatic rings. The van der Waals surface area contributed by atoms with Gasteiger partial charge in [-0.3, -0.25) is 9.59 Å². The molecule has 1 aliphatic heterocycles. The van der Waals surface area contributed by atoms with Crippen molar-refractivity contribution in [3.8, 4) is 5.75 Å². The van der Waals surface area contributed by atoms with E-state index in [4.69, 9.17) is 9.15 Å². The van der Waals surface area contributed by atoms with E-state index >= 15 is 0 Å². The number of rotatable bonds is 4. The summed E-state index contributed by atoms with van der Waals surface area (Å²) in [5.74, 6) is 2.30. The van der Waals surface area contributed by atoms with Crippen LogP contribution in [0.4, 0.5) is 0 Å². The Hall–Kier alpha value is -2.56. The van der Waals surface area contributed by atoms with Crippen molar-refractivity contribution < 1.29 is 18.7 Å². The second-order valence-electron chi connectivity index (χ2n) is 6.87. The van der Waals surface area contributed by atoms with E-state index in [-0.39, 0.29) is 17.6 Å². The van der Waals surface area contributed by atoms with E-state index in [9.17, 15) is 9.59 Å². The topological polar surface area (TPSA) is 59.8 Å². The second-order valence-corrected chi connectivity index (χ2v) is 6.87. The Labute approximate surface area is 153 Å². The van der Waals surface area contributed by atoms with E-state index in [2.05, 4.69) is 0 Å². The van der Waals surface area contributed by atoms with Crippen LogP contribution in [-0.4, -0.2) is 36.8 Å². The lowest BCUT2D eigenvalue weighted by Gasteiger charge is -2.31. The second kappa shape index (κ2) is 7.36. The molecule has 0 N–H and O–H groups in total. The standard InChI is InChI=1S/C21H25NO4/c1-13-14(2)26-15(3)19(13)21(24)22-11-9-17(10-12-22)20(23)16-5-7-18(25-4)8-6-16/h5-8,17H,9-12H2,1-4H3. The number of furan rings is 1. The summed E-state index contributed by atoms with van der Waals surface area (Å²) in [6.45, 7) is 6.80. The maximum Gasteiger partial charge on any atom is 0.257 e. The van der Waals surface area contributed by atoms with Gasteiger partial charge in [0.1, 0.15) is 17.3 Å². The zero-order valence-corrected chi connectivity index (χ0v) is 15.8. The number of likely N-dealkylation sites (tertiary alicyclic amines) is 1. The fourth-order valence-electron chi connectivity index (χ4n) is 3.60. The highest BCUT2D eigenvalue weighted by molar-refractivity contribution is 5.99. The lowest BCUT2D eigenvalue weighted by atomic mass is 9.88. The lowest BCUT2D eigenvalue weighted by Crippen LogP contribution is -2.40. The molecule has 0 unspecified atom stereocenters. The molecular weight excluding hydrogens is 330 g/mol. The number of carbonyl (C=O) groups is 2. The van der Waals surface area contributed by atoms with Crippen LogP contribution in [0.15, 0.2) is 28.7 Å². The van der Waals surface area contributed by atoms with Gasteiger partial charge in [0, 0.05) is 30.1 Å². The van der Waals surface area contributed by atoms with Crippen LogP contribution in [0.25, 0.3) is 0 Å². The fourth-order valence-corrected chi connectivity index (χ4v) is 3.60. The molecule has 1 fully saturated rings. The van der Waals surface area contributed by atoms with Crippen molar-refractivity contribution in [3.05, 3.63) is 52.5 Å². The molecule has 1 aromatic heterocycles. The summed E-state index contributed by atoms with van der Waals surface area (Å²) in [5.41, 5.74) is 2.28. The Kier molecular flexibility index (Phi) is 5.16. The van der Waals surface area contributed by atoms with Crippen molar-refractivity contribution in [1.29, 1.82) is 0 Å². The van der Waals surface area contributed by atoms with Gasteiger partial charge in [-0.1, -0.05) is 0 Å². The van der Waals surface area contributed by atoms with Gasteiger partial charge in [-0.15, -0.1) is 0 Å². The van der Waals surface area contributed by atoms with Crippen molar-refractivity contribution in [2.75, 3.05) is 20.2 Å². The lowest BCUT2D eigenvalue weighted by molar-refractivity contribution is 0.0648. The molecule has 5 heteroatoms. The number of Topliss-reactive ketones (excluding diaryl/α,β-unsaturated/α-hetero) is 1. The Balaban J connectivity index is 1.65. The van der Waals surface area contributed by atoms with Crippen molar-refractivity contribution in [1.82, 2.24) is 4.90 Å². The van der Waals surface area contributed by atoms with Gasteiger partial charge in [0.2, 0.25) is 0 Å². The van der Waals surface area contributed by atoms with Crippen LogP contribution >= 0.6 is 0 Å². The third-order valence-electron chi connectivity index (χ3n) is 5.30. The molecule has 26 heavy (non-hydrogen) atoms. The molecule has 5 nitrogen and oxygen atoms in total. The first kappa shape index (κ1) is 18.2. The first-order chi connectivity index (χ1) is 12.4. The van der Waals surface area contributed by atoms with E-state index in [0.717, 1.165) is 17.1 Å². The molecule has 0 spiro atoms. The normalized spacial score (nSPS) is 15.2. The maximum absolute atomic E-state index is 12.8. The minimum atomic E-state index is -0.0410. The van der Waals surface area contributed by atoms with Crippen LogP contribution in [0.3, 0.4) is 0 Å². The van der Waals surface area contributed by atoms with E-state index < -0.39 is 0 Å². The zero-order chi connectivity index (χ0) is 18.8. The summed E-state index contributed by atoms with van der Waals surface area (Å²) in [6, 6.07) is 7.22. The smallest absolute Gasteiger partial charge is 0.257 e. The molecule has 1 aromatic carbocycles. The quantitative estimate of drug-likeness (QED) is 0.779. The first-order valence-corrected chi connectivity index (χ1v) is 8.96. The van der Waals surface area contributed by atoms with Crippen LogP contribution in [-0.2, 0) is 0 Å². The molecule has 3 rings (SSSR count). The van der Waals surface area contributed by atoms with Crippen LogP contribution in [0.5, 0.6) is 5.75 Å². The molecule has 2 heterocycles. The molecule has 1 amide bonds. The molecule has 0 bridgehead atoms. The van der Waals surface area contributed by atoms with Crippen LogP contribution in [0.1, 0.15) is 50.6 Å². The van der Waals surface area contributed by atoms with E-state index in [1.54, 1.807) is 31.4 Å². The number of hydrogen-bond acceptors (Lipinski definition) is 4. The summed E-state index contributed by atoms with van der Waals surface area (Å²) in [5, 5.41) is 0. The van der Waals surface area contributed by atoms with Gasteiger partial charge < -0.3 is 14.1 Å². The molecule has 0 radical (unpaired) electrons. The number of amides is 1. The zero-order valence-electron chi connectivity index (χ0n) is 15.8. The molecule has 0 atom stereocenters. The van der Waals surface area contributed by atoms with Crippen molar-refractivity contribution in [2.24, 2.45) is 5.92 Å². The van der Waals surface area contributed by atoms with Gasteiger partial charge in [0.25, 0.3) is 5.91 Å². The summed E-state index contributed by atoms with van der Waals surface area (Å²) >= 11 is 0. The summed E-state index contributed by atoms with van der Waals surface area (Å²) < 4.78 is 10.7. The molecule has 138 valence electrons. The number of aryl methyl sites for hydroxylation is 2. The highest BCUT2D eigenvalue weighted by Gasteiger charge is 2.30. The number of nitrogens with zero attached hydrogens (tertiary/aromatic N) is 1. The fraction of sp³-hybridized carbons (Fsp3) is 0.429. The summed E-state index contributed by atoms with van der Waals surface area (Å²) in [6.07, 6.45) is 1.37. The third kappa shape index (κ3) is 3.39. The number of ketones is 1. The first-order valence-electron chi connectivity index (χ1n) is 8.96. The van der Waals surface area contributed by atoms with Crippen molar-refractivity contribution >= 4 is 11.7 Å². The van der Waals surface area contributed by atoms with Crippen LogP contribution in [0, 0.1) is 26.7 Å². The Bertz CT molecular complexity index is 811. The Morgan fingerprint density at radius 2 is 1.65 bits per heavy atom. The number of hydrogen-bond donors (Lipinski definition) is 0. The predicted octanol–water partition coefficient (Wildman–Crippen LogP) is 3.95. The van der Waals surface area contributed by atoms with Crippen molar-refractivity contribution in [2.45, 2.75) is 33.6 Å². The van der Waals surface area contributed by atoms with Crippen LogP contribution < -0.4 is 4.74 Å². The minimum absolute atomic E-state index is 0.00666. The van der Waals surface area contributed by atoms with E-state index in [0.29, 0.717) is 42.8 Å². The number of ether oxygens (including phenoxy) is 1. The highest BCUT2D eigenvalue weighted by atomic mass is 16.5. The Morgan fingerprint density at radius 3 is 2.15 bits per heavy atom. The van der Waals surface area contributed by atoms with Crippen molar-refractivity contribution in [3.63, 3.8) is 0 Å². The van der Waals surface area contributed by atoms with Gasteiger partial charge in [-0.05, 0) is 57.9 Å². The maximum atomic E-state index is 12.8. The minimum Gasteiger partial charge on any atom is -0.497 e. The molecule has 1 saturated heterocycles. The number of piperidine rings is 1. The van der Waals surface area contributed by atoms with Crippen LogP contribution in [0.2, 0.25) is 0 Å². The summed E-state index contributed by atoms with van der Waals surface area (Å²) in [7, 11) is 1.61. The number of benzene rings is 1. The average Bonchev–Trinajstić information content (AvgIpc) is 2.92. The van der Waals surface area contributed by atoms with Gasteiger partial charge in [-0.25, -0.2) is 0 Å². The predicted molar refractivity (Wildman–Crippen MR) is 98.9 cm³/mol.